The van der Waals surface area contributed by atoms with Gasteiger partial charge in [-0.2, -0.15) is 5.26 Å². The number of nitriles is 1. The Morgan fingerprint density at radius 1 is 1.28 bits per heavy atom. The third-order valence-electron chi connectivity index (χ3n) is 8.96. The predicted octanol–water partition coefficient (Wildman–Crippen LogP) is 6.87. The Hall–Kier alpha value is -1.37. The molecule has 0 amide bonds. The molecule has 0 unspecified atom stereocenters. The molecular formula is C29H45NO2. The zero-order chi connectivity index (χ0) is 23.5. The van der Waals surface area contributed by atoms with Gasteiger partial charge in [0.15, 0.2) is 0 Å². The second-order valence-corrected chi connectivity index (χ2v) is 11.9. The van der Waals surface area contributed by atoms with E-state index in [1.165, 1.54) is 44.1 Å². The number of aliphatic hydroxyl groups excluding tert-OH is 1. The molecule has 0 radical (unpaired) electrons. The first kappa shape index (κ1) is 25.3. The van der Waals surface area contributed by atoms with Crippen molar-refractivity contribution in [3.8, 4) is 6.07 Å². The summed E-state index contributed by atoms with van der Waals surface area (Å²) in [4.78, 5) is 0. The lowest BCUT2D eigenvalue weighted by atomic mass is 9.60. The fraction of sp³-hybridized carbons (Fsp3) is 0.759. The maximum Gasteiger partial charge on any atom is 0.0625 e. The zero-order valence-electron chi connectivity index (χ0n) is 20.9. The van der Waals surface area contributed by atoms with E-state index in [-0.39, 0.29) is 5.92 Å². The summed E-state index contributed by atoms with van der Waals surface area (Å²) >= 11 is 0. The lowest BCUT2D eigenvalue weighted by Gasteiger charge is -2.44. The van der Waals surface area contributed by atoms with Crippen molar-refractivity contribution in [1.82, 2.24) is 0 Å². The van der Waals surface area contributed by atoms with E-state index in [0.717, 1.165) is 30.8 Å². The molecule has 0 heterocycles. The largest absolute Gasteiger partial charge is 0.392 e. The third-order valence-corrected chi connectivity index (χ3v) is 8.96. The number of hydrogen-bond acceptors (Lipinski definition) is 3. The van der Waals surface area contributed by atoms with Gasteiger partial charge in [0, 0.05) is 12.3 Å². The Morgan fingerprint density at radius 3 is 2.72 bits per heavy atom. The molecule has 0 aromatic rings. The van der Waals surface area contributed by atoms with Gasteiger partial charge in [-0.25, -0.2) is 0 Å². The molecule has 178 valence electrons. The zero-order valence-corrected chi connectivity index (χ0v) is 20.9. The molecule has 0 aliphatic heterocycles. The third kappa shape index (κ3) is 5.75. The van der Waals surface area contributed by atoms with E-state index in [1.807, 2.05) is 13.8 Å². The van der Waals surface area contributed by atoms with Gasteiger partial charge in [-0.15, -0.1) is 0 Å². The molecule has 3 heteroatoms. The van der Waals surface area contributed by atoms with Crippen molar-refractivity contribution in [2.24, 2.45) is 29.1 Å². The van der Waals surface area contributed by atoms with Crippen molar-refractivity contribution in [3.63, 3.8) is 0 Å². The van der Waals surface area contributed by atoms with E-state index in [1.54, 1.807) is 5.57 Å². The fourth-order valence-corrected chi connectivity index (χ4v) is 7.11. The Morgan fingerprint density at radius 2 is 2.03 bits per heavy atom. The number of hydrogen-bond donors (Lipinski definition) is 2. The highest BCUT2D eigenvalue weighted by Gasteiger charge is 2.50. The van der Waals surface area contributed by atoms with Gasteiger partial charge in [0.2, 0.25) is 0 Å². The summed E-state index contributed by atoms with van der Waals surface area (Å²) in [5.74, 6) is 2.17. The van der Waals surface area contributed by atoms with E-state index >= 15 is 0 Å². The van der Waals surface area contributed by atoms with Gasteiger partial charge in [-0.3, -0.25) is 0 Å². The standard InChI is InChI=1S/C29H45NO2/c1-20(8-6-15-28(3,4)32)25-12-13-26-22(9-7-16-29(25,26)5)10-11-23-19-27(31)24(14-17-30)18-21(23)2/h10-11,20,24-27,31-32H,2,6-9,12-16,18-19H2,1,3-5H3/b22-10+,23-11-/t20-,24-,25-,26+,27-,29-/m1/s1. The Balaban J connectivity index is 1.68. The number of aliphatic hydroxyl groups is 2. The number of fused-ring (bicyclic) bond motifs is 1. The maximum absolute atomic E-state index is 10.5. The van der Waals surface area contributed by atoms with Crippen molar-refractivity contribution in [2.45, 2.75) is 110 Å². The molecule has 32 heavy (non-hydrogen) atoms. The van der Waals surface area contributed by atoms with Crippen molar-refractivity contribution >= 4 is 0 Å². The molecule has 0 aromatic carbocycles. The van der Waals surface area contributed by atoms with Crippen LogP contribution in [0.4, 0.5) is 0 Å². The van der Waals surface area contributed by atoms with E-state index in [9.17, 15) is 10.2 Å². The SMILES string of the molecule is C=C1C[C@@H](CC#N)[C@H](O)C/C1=C/C=C1\CCC[C@]2(C)[C@@H]([C@H](C)CCCC(C)(C)O)CC[C@@H]12. The molecule has 3 saturated carbocycles. The van der Waals surface area contributed by atoms with Gasteiger partial charge < -0.3 is 10.2 Å². The van der Waals surface area contributed by atoms with Crippen LogP contribution in [-0.2, 0) is 0 Å². The molecule has 0 aromatic heterocycles. The van der Waals surface area contributed by atoms with E-state index in [0.29, 0.717) is 30.1 Å². The minimum Gasteiger partial charge on any atom is -0.392 e. The number of rotatable bonds is 7. The second-order valence-electron chi connectivity index (χ2n) is 11.9. The summed E-state index contributed by atoms with van der Waals surface area (Å²) in [6, 6.07) is 2.20. The normalized spacial score (nSPS) is 36.8. The fourth-order valence-electron chi connectivity index (χ4n) is 7.11. The van der Waals surface area contributed by atoms with Crippen LogP contribution in [0, 0.1) is 40.4 Å². The summed E-state index contributed by atoms with van der Waals surface area (Å²) in [6.07, 6.45) is 15.5. The maximum atomic E-state index is 10.5. The molecule has 3 nitrogen and oxygen atoms in total. The Labute approximate surface area is 196 Å². The van der Waals surface area contributed by atoms with Crippen LogP contribution < -0.4 is 0 Å². The van der Waals surface area contributed by atoms with Gasteiger partial charge in [-0.1, -0.05) is 56.6 Å². The number of nitrogens with zero attached hydrogens (tertiary/aromatic N) is 1. The molecule has 3 aliphatic carbocycles. The van der Waals surface area contributed by atoms with Crippen LogP contribution in [0.1, 0.15) is 98.3 Å². The molecule has 6 atom stereocenters. The molecule has 3 aliphatic rings. The van der Waals surface area contributed by atoms with E-state index in [4.69, 9.17) is 5.26 Å². The first-order valence-electron chi connectivity index (χ1n) is 12.9. The molecule has 2 N–H and O–H groups in total. The van der Waals surface area contributed by atoms with Gasteiger partial charge in [0.05, 0.1) is 17.8 Å². The van der Waals surface area contributed by atoms with Crippen molar-refractivity contribution in [2.75, 3.05) is 0 Å². The molecule has 3 rings (SSSR count). The summed E-state index contributed by atoms with van der Waals surface area (Å²) in [6.45, 7) is 13.1. The summed E-state index contributed by atoms with van der Waals surface area (Å²) in [7, 11) is 0. The van der Waals surface area contributed by atoms with Crippen molar-refractivity contribution in [1.29, 1.82) is 5.26 Å². The first-order valence-corrected chi connectivity index (χ1v) is 12.9. The summed E-state index contributed by atoms with van der Waals surface area (Å²) in [5, 5.41) is 29.5. The average Bonchev–Trinajstić information content (AvgIpc) is 3.06. The topological polar surface area (TPSA) is 64.2 Å². The monoisotopic (exact) mass is 439 g/mol. The molecule has 0 bridgehead atoms. The van der Waals surface area contributed by atoms with Crippen LogP contribution in [-0.4, -0.2) is 21.9 Å². The van der Waals surface area contributed by atoms with Gasteiger partial charge in [0.1, 0.15) is 0 Å². The summed E-state index contributed by atoms with van der Waals surface area (Å²) < 4.78 is 0. The molecule has 0 spiro atoms. The van der Waals surface area contributed by atoms with Crippen molar-refractivity contribution in [3.05, 3.63) is 35.5 Å². The minimum atomic E-state index is -0.554. The van der Waals surface area contributed by atoms with Crippen LogP contribution >= 0.6 is 0 Å². The van der Waals surface area contributed by atoms with Crippen LogP contribution in [0.15, 0.2) is 35.5 Å². The first-order chi connectivity index (χ1) is 15.0. The second kappa shape index (κ2) is 10.3. The highest BCUT2D eigenvalue weighted by atomic mass is 16.3. The van der Waals surface area contributed by atoms with Gasteiger partial charge in [-0.05, 0) is 94.0 Å². The van der Waals surface area contributed by atoms with Crippen LogP contribution in [0.2, 0.25) is 0 Å². The highest BCUT2D eigenvalue weighted by Crippen LogP contribution is 2.60. The number of allylic oxidation sites excluding steroid dienone is 4. The Kier molecular flexibility index (Phi) is 8.11. The summed E-state index contributed by atoms with van der Waals surface area (Å²) in [5.41, 5.74) is 3.69. The predicted molar refractivity (Wildman–Crippen MR) is 132 cm³/mol. The minimum absolute atomic E-state index is 0.0313. The van der Waals surface area contributed by atoms with E-state index in [2.05, 4.69) is 38.6 Å². The lowest BCUT2D eigenvalue weighted by Crippen LogP contribution is -2.36. The smallest absolute Gasteiger partial charge is 0.0625 e. The van der Waals surface area contributed by atoms with Gasteiger partial charge in [0.25, 0.3) is 0 Å². The Bertz CT molecular complexity index is 780. The van der Waals surface area contributed by atoms with Gasteiger partial charge >= 0.3 is 0 Å². The van der Waals surface area contributed by atoms with Crippen LogP contribution in [0.3, 0.4) is 0 Å². The van der Waals surface area contributed by atoms with Crippen molar-refractivity contribution < 1.29 is 10.2 Å². The van der Waals surface area contributed by atoms with E-state index < -0.39 is 11.7 Å². The average molecular weight is 440 g/mol. The molecule has 0 saturated heterocycles. The molecular weight excluding hydrogens is 394 g/mol. The quantitative estimate of drug-likeness (QED) is 0.455. The van der Waals surface area contributed by atoms with Crippen LogP contribution in [0.25, 0.3) is 0 Å². The molecule has 3 fully saturated rings. The lowest BCUT2D eigenvalue weighted by molar-refractivity contribution is 0.0596. The highest BCUT2D eigenvalue weighted by molar-refractivity contribution is 5.37. The van der Waals surface area contributed by atoms with Crippen LogP contribution in [0.5, 0.6) is 0 Å².